The molecule has 0 spiro atoms. The van der Waals surface area contributed by atoms with Gasteiger partial charge in [0, 0.05) is 32.2 Å². The third kappa shape index (κ3) is 4.75. The molecule has 3 heterocycles. The van der Waals surface area contributed by atoms with Crippen molar-refractivity contribution >= 4 is 32.6 Å². The molecule has 0 saturated carbocycles. The fourth-order valence-electron chi connectivity index (χ4n) is 3.29. The zero-order valence-electron chi connectivity index (χ0n) is 16.4. The Bertz CT molecular complexity index is 937. The highest BCUT2D eigenvalue weighted by atomic mass is 32.1. The minimum atomic E-state index is -0.228. The van der Waals surface area contributed by atoms with E-state index in [9.17, 15) is 4.79 Å². The van der Waals surface area contributed by atoms with Crippen molar-refractivity contribution in [2.75, 3.05) is 50.9 Å². The number of carbonyl (C=O) groups excluding carboxylic acids is 1. The minimum absolute atomic E-state index is 0.214. The molecule has 29 heavy (non-hydrogen) atoms. The molecule has 1 aliphatic rings. The van der Waals surface area contributed by atoms with E-state index in [0.717, 1.165) is 55.2 Å². The maximum absolute atomic E-state index is 13.0. The van der Waals surface area contributed by atoms with Crippen molar-refractivity contribution in [3.05, 3.63) is 36.2 Å². The number of aromatic nitrogens is 2. The fourth-order valence-corrected chi connectivity index (χ4v) is 4.30. The third-order valence-corrected chi connectivity index (χ3v) is 5.79. The largest absolute Gasteiger partial charge is 0.494 e. The molecule has 8 nitrogen and oxygen atoms in total. The van der Waals surface area contributed by atoms with Crippen LogP contribution in [0, 0.1) is 0 Å². The number of ether oxygens (including phenoxy) is 2. The topological polar surface area (TPSA) is 80.9 Å². The molecule has 2 aromatic heterocycles. The summed E-state index contributed by atoms with van der Waals surface area (Å²) < 4.78 is 17.1. The number of amides is 1. The number of nitrogens with zero attached hydrogens (tertiary/aromatic N) is 4. The Kier molecular flexibility index (Phi) is 6.38. The second-order valence-electron chi connectivity index (χ2n) is 6.70. The van der Waals surface area contributed by atoms with E-state index in [4.69, 9.17) is 14.0 Å². The van der Waals surface area contributed by atoms with Crippen molar-refractivity contribution < 1.29 is 18.8 Å². The van der Waals surface area contributed by atoms with Gasteiger partial charge in [0.1, 0.15) is 5.75 Å². The van der Waals surface area contributed by atoms with Gasteiger partial charge in [0.15, 0.2) is 5.13 Å². The van der Waals surface area contributed by atoms with Crippen molar-refractivity contribution in [3.63, 3.8) is 0 Å². The molecule has 0 atom stereocenters. The van der Waals surface area contributed by atoms with E-state index in [-0.39, 0.29) is 11.7 Å². The van der Waals surface area contributed by atoms with E-state index in [1.165, 1.54) is 17.5 Å². The average Bonchev–Trinajstić information content (AvgIpc) is 3.41. The number of rotatable bonds is 8. The molecule has 1 aromatic carbocycles. The number of thiazole rings is 1. The molecule has 0 N–H and O–H groups in total. The minimum Gasteiger partial charge on any atom is -0.494 e. The molecule has 9 heteroatoms. The van der Waals surface area contributed by atoms with Gasteiger partial charge in [-0.05, 0) is 31.5 Å². The van der Waals surface area contributed by atoms with Gasteiger partial charge in [0.25, 0.3) is 5.91 Å². The maximum atomic E-state index is 13.0. The maximum Gasteiger partial charge on any atom is 0.298 e. The zero-order valence-corrected chi connectivity index (χ0v) is 17.2. The molecule has 0 unspecified atom stereocenters. The Hall–Kier alpha value is -2.49. The molecule has 1 fully saturated rings. The summed E-state index contributed by atoms with van der Waals surface area (Å²) >= 11 is 1.48. The van der Waals surface area contributed by atoms with Crippen LogP contribution in [0.4, 0.5) is 5.13 Å². The molecule has 4 rings (SSSR count). The number of benzene rings is 1. The standard InChI is InChI=1S/C20H24N4O4S/c1-2-27-15-4-5-16-18(14-15)29-20(22-16)24(19(25)17-6-7-21-28-17)9-3-8-23-10-12-26-13-11-23/h4-7,14H,2-3,8-13H2,1H3. The van der Waals surface area contributed by atoms with Crippen molar-refractivity contribution in [1.29, 1.82) is 0 Å². The predicted octanol–water partition coefficient (Wildman–Crippen LogP) is 3.05. The SMILES string of the molecule is CCOc1ccc2nc(N(CCCN3CCOCC3)C(=O)c3ccno3)sc2c1. The number of hydrogen-bond acceptors (Lipinski definition) is 8. The highest BCUT2D eigenvalue weighted by Crippen LogP contribution is 2.32. The lowest BCUT2D eigenvalue weighted by molar-refractivity contribution is 0.0376. The van der Waals surface area contributed by atoms with Crippen LogP contribution >= 0.6 is 11.3 Å². The first kappa shape index (κ1) is 19.8. The lowest BCUT2D eigenvalue weighted by Crippen LogP contribution is -2.39. The van der Waals surface area contributed by atoms with Gasteiger partial charge in [0.2, 0.25) is 5.76 Å². The van der Waals surface area contributed by atoms with Crippen LogP contribution in [-0.2, 0) is 4.74 Å². The Morgan fingerprint density at radius 1 is 1.31 bits per heavy atom. The van der Waals surface area contributed by atoms with Crippen LogP contribution in [0.25, 0.3) is 10.2 Å². The van der Waals surface area contributed by atoms with E-state index in [1.807, 2.05) is 25.1 Å². The Morgan fingerprint density at radius 2 is 2.17 bits per heavy atom. The average molecular weight is 417 g/mol. The second kappa shape index (κ2) is 9.34. The molecule has 3 aromatic rings. The van der Waals surface area contributed by atoms with Crippen LogP contribution in [0.2, 0.25) is 0 Å². The summed E-state index contributed by atoms with van der Waals surface area (Å²) in [6, 6.07) is 7.37. The molecular weight excluding hydrogens is 392 g/mol. The summed E-state index contributed by atoms with van der Waals surface area (Å²) in [6.07, 6.45) is 2.31. The van der Waals surface area contributed by atoms with Crippen LogP contribution in [-0.4, -0.2) is 66.9 Å². The third-order valence-electron chi connectivity index (χ3n) is 4.74. The molecule has 0 bridgehead atoms. The Labute approximate surface area is 173 Å². The quantitative estimate of drug-likeness (QED) is 0.558. The summed E-state index contributed by atoms with van der Waals surface area (Å²) in [7, 11) is 0. The predicted molar refractivity (Wildman–Crippen MR) is 111 cm³/mol. The van der Waals surface area contributed by atoms with Crippen LogP contribution in [0.1, 0.15) is 23.9 Å². The number of anilines is 1. The Balaban J connectivity index is 1.53. The van der Waals surface area contributed by atoms with E-state index < -0.39 is 0 Å². The van der Waals surface area contributed by atoms with E-state index in [1.54, 1.807) is 11.0 Å². The van der Waals surface area contributed by atoms with Gasteiger partial charge < -0.3 is 14.0 Å². The first-order valence-corrected chi connectivity index (χ1v) is 10.6. The fraction of sp³-hybridized carbons (Fsp3) is 0.450. The van der Waals surface area contributed by atoms with Gasteiger partial charge >= 0.3 is 0 Å². The van der Waals surface area contributed by atoms with Crippen molar-refractivity contribution in [1.82, 2.24) is 15.0 Å². The molecule has 1 amide bonds. The van der Waals surface area contributed by atoms with Gasteiger partial charge in [-0.15, -0.1) is 0 Å². The molecular formula is C20H24N4O4S. The highest BCUT2D eigenvalue weighted by Gasteiger charge is 2.24. The second-order valence-corrected chi connectivity index (χ2v) is 7.71. The first-order chi connectivity index (χ1) is 14.2. The summed E-state index contributed by atoms with van der Waals surface area (Å²) in [4.78, 5) is 21.8. The van der Waals surface area contributed by atoms with Gasteiger partial charge in [-0.2, -0.15) is 0 Å². The zero-order chi connectivity index (χ0) is 20.1. The van der Waals surface area contributed by atoms with Gasteiger partial charge in [0.05, 0.1) is 36.2 Å². The van der Waals surface area contributed by atoms with E-state index in [2.05, 4.69) is 15.0 Å². The van der Waals surface area contributed by atoms with E-state index >= 15 is 0 Å². The molecule has 0 radical (unpaired) electrons. The summed E-state index contributed by atoms with van der Waals surface area (Å²) in [5.41, 5.74) is 0.844. The molecule has 1 aliphatic heterocycles. The van der Waals surface area contributed by atoms with Crippen LogP contribution in [0.15, 0.2) is 35.0 Å². The number of carbonyl (C=O) groups is 1. The van der Waals surface area contributed by atoms with E-state index in [0.29, 0.717) is 18.3 Å². The number of fused-ring (bicyclic) bond motifs is 1. The van der Waals surface area contributed by atoms with Crippen LogP contribution in [0.3, 0.4) is 0 Å². The van der Waals surface area contributed by atoms with Gasteiger partial charge in [-0.1, -0.05) is 16.5 Å². The van der Waals surface area contributed by atoms with Crippen molar-refractivity contribution in [3.8, 4) is 5.75 Å². The summed E-state index contributed by atoms with van der Waals surface area (Å²) in [5, 5.41) is 4.32. The monoisotopic (exact) mass is 416 g/mol. The van der Waals surface area contributed by atoms with Crippen molar-refractivity contribution in [2.45, 2.75) is 13.3 Å². The lowest BCUT2D eigenvalue weighted by Gasteiger charge is -2.27. The van der Waals surface area contributed by atoms with Crippen LogP contribution < -0.4 is 9.64 Å². The van der Waals surface area contributed by atoms with Gasteiger partial charge in [-0.3, -0.25) is 14.6 Å². The molecule has 154 valence electrons. The normalized spacial score (nSPS) is 14.9. The summed E-state index contributed by atoms with van der Waals surface area (Å²) in [5.74, 6) is 0.787. The van der Waals surface area contributed by atoms with Crippen molar-refractivity contribution in [2.24, 2.45) is 0 Å². The molecule has 1 saturated heterocycles. The lowest BCUT2D eigenvalue weighted by atomic mass is 10.3. The first-order valence-electron chi connectivity index (χ1n) is 9.80. The molecule has 0 aliphatic carbocycles. The Morgan fingerprint density at radius 3 is 2.93 bits per heavy atom. The van der Waals surface area contributed by atoms with Gasteiger partial charge in [-0.25, -0.2) is 4.98 Å². The smallest absolute Gasteiger partial charge is 0.298 e. The highest BCUT2D eigenvalue weighted by molar-refractivity contribution is 7.22. The number of morpholine rings is 1. The van der Waals surface area contributed by atoms with Crippen LogP contribution in [0.5, 0.6) is 5.75 Å². The summed E-state index contributed by atoms with van der Waals surface area (Å²) in [6.45, 7) is 7.40. The number of hydrogen-bond donors (Lipinski definition) is 0.